The average Bonchev–Trinajstić information content (AvgIpc) is 2.52. The third kappa shape index (κ3) is 1.91. The first-order chi connectivity index (χ1) is 6.25. The predicted molar refractivity (Wildman–Crippen MR) is 57.4 cm³/mol. The first-order valence-corrected chi connectivity index (χ1v) is 5.27. The van der Waals surface area contributed by atoms with Gasteiger partial charge in [0.25, 0.3) is 0 Å². The fraction of sp³-hybridized carbons (Fsp3) is 0.400. The fourth-order valence-electron chi connectivity index (χ4n) is 1.31. The molecule has 1 unspecified atom stereocenters. The van der Waals surface area contributed by atoms with Gasteiger partial charge in [0, 0.05) is 23.2 Å². The standard InChI is InChI=1S/C10H12N2S/c1-7-3-9(6-11-4-7)10-12-5-8(2)13-10/h3-4,6,8H,5H2,1-2H3. The molecule has 2 rings (SSSR count). The summed E-state index contributed by atoms with van der Waals surface area (Å²) in [6.45, 7) is 5.19. The quantitative estimate of drug-likeness (QED) is 0.682. The Bertz CT molecular complexity index is 347. The number of rotatable bonds is 1. The monoisotopic (exact) mass is 192 g/mol. The molecule has 0 saturated heterocycles. The summed E-state index contributed by atoms with van der Waals surface area (Å²) in [6, 6.07) is 2.14. The molecule has 0 N–H and O–H groups in total. The molecule has 2 heterocycles. The minimum absolute atomic E-state index is 0.621. The number of hydrogen-bond acceptors (Lipinski definition) is 3. The third-order valence-electron chi connectivity index (χ3n) is 1.93. The van der Waals surface area contributed by atoms with E-state index in [9.17, 15) is 0 Å². The second-order valence-electron chi connectivity index (χ2n) is 3.33. The smallest absolute Gasteiger partial charge is 0.0996 e. The molecular weight excluding hydrogens is 180 g/mol. The van der Waals surface area contributed by atoms with E-state index in [2.05, 4.69) is 29.9 Å². The molecule has 13 heavy (non-hydrogen) atoms. The Morgan fingerprint density at radius 1 is 1.46 bits per heavy atom. The maximum atomic E-state index is 4.47. The number of hydrogen-bond donors (Lipinski definition) is 0. The molecule has 68 valence electrons. The summed E-state index contributed by atoms with van der Waals surface area (Å²) < 4.78 is 0. The van der Waals surface area contributed by atoms with Crippen LogP contribution in [-0.4, -0.2) is 21.8 Å². The average molecular weight is 192 g/mol. The molecule has 0 aromatic carbocycles. The van der Waals surface area contributed by atoms with Crippen molar-refractivity contribution in [2.45, 2.75) is 19.1 Å². The van der Waals surface area contributed by atoms with Gasteiger partial charge in [-0.2, -0.15) is 0 Å². The van der Waals surface area contributed by atoms with E-state index >= 15 is 0 Å². The van der Waals surface area contributed by atoms with Crippen LogP contribution in [-0.2, 0) is 0 Å². The van der Waals surface area contributed by atoms with Gasteiger partial charge in [0.05, 0.1) is 11.6 Å². The summed E-state index contributed by atoms with van der Waals surface area (Å²) in [6.07, 6.45) is 3.75. The molecule has 0 spiro atoms. The first kappa shape index (κ1) is 8.75. The Morgan fingerprint density at radius 2 is 2.31 bits per heavy atom. The Hall–Kier alpha value is -0.830. The highest BCUT2D eigenvalue weighted by Gasteiger charge is 2.16. The summed E-state index contributed by atoms with van der Waals surface area (Å²) in [5, 5.41) is 1.76. The van der Waals surface area contributed by atoms with E-state index in [4.69, 9.17) is 0 Å². The van der Waals surface area contributed by atoms with Gasteiger partial charge in [-0.3, -0.25) is 9.98 Å². The zero-order valence-corrected chi connectivity index (χ0v) is 8.64. The summed E-state index contributed by atoms with van der Waals surface area (Å²) in [5.41, 5.74) is 2.36. The third-order valence-corrected chi connectivity index (χ3v) is 3.07. The van der Waals surface area contributed by atoms with Crippen LogP contribution in [0.4, 0.5) is 0 Å². The van der Waals surface area contributed by atoms with Crippen molar-refractivity contribution in [3.05, 3.63) is 29.6 Å². The van der Waals surface area contributed by atoms with E-state index in [1.54, 1.807) is 0 Å². The Morgan fingerprint density at radius 3 is 2.92 bits per heavy atom. The maximum absolute atomic E-state index is 4.47. The van der Waals surface area contributed by atoms with Gasteiger partial charge in [0.1, 0.15) is 0 Å². The number of aliphatic imine (C=N–C) groups is 1. The molecule has 0 saturated carbocycles. The SMILES string of the molecule is Cc1cncc(C2=NCC(C)S2)c1. The van der Waals surface area contributed by atoms with Gasteiger partial charge < -0.3 is 0 Å². The molecule has 0 fully saturated rings. The molecule has 0 radical (unpaired) electrons. The number of nitrogens with zero attached hydrogens (tertiary/aromatic N) is 2. The molecule has 0 amide bonds. The van der Waals surface area contributed by atoms with Gasteiger partial charge in [0.15, 0.2) is 0 Å². The van der Waals surface area contributed by atoms with Crippen LogP contribution in [0.1, 0.15) is 18.1 Å². The molecular formula is C10H12N2S. The van der Waals surface area contributed by atoms with Gasteiger partial charge >= 0.3 is 0 Å². The van der Waals surface area contributed by atoms with E-state index in [1.165, 1.54) is 5.56 Å². The molecule has 1 aromatic heterocycles. The highest BCUT2D eigenvalue weighted by atomic mass is 32.2. The van der Waals surface area contributed by atoms with Gasteiger partial charge in [0.2, 0.25) is 0 Å². The first-order valence-electron chi connectivity index (χ1n) is 4.39. The van der Waals surface area contributed by atoms with Crippen molar-refractivity contribution >= 4 is 16.8 Å². The zero-order valence-electron chi connectivity index (χ0n) is 7.82. The topological polar surface area (TPSA) is 25.2 Å². The van der Waals surface area contributed by atoms with Crippen molar-refractivity contribution in [2.24, 2.45) is 4.99 Å². The molecule has 1 aliphatic heterocycles. The van der Waals surface area contributed by atoms with Crippen molar-refractivity contribution in [3.63, 3.8) is 0 Å². The molecule has 3 heteroatoms. The normalized spacial score (nSPS) is 21.7. The number of pyridine rings is 1. The Labute approximate surface area is 82.5 Å². The molecule has 2 nitrogen and oxygen atoms in total. The molecule has 0 aliphatic carbocycles. The van der Waals surface area contributed by atoms with E-state index in [-0.39, 0.29) is 0 Å². The van der Waals surface area contributed by atoms with E-state index < -0.39 is 0 Å². The number of aryl methyl sites for hydroxylation is 1. The van der Waals surface area contributed by atoms with Crippen molar-refractivity contribution in [3.8, 4) is 0 Å². The summed E-state index contributed by atoms with van der Waals surface area (Å²) in [5.74, 6) is 0. The zero-order chi connectivity index (χ0) is 9.26. The van der Waals surface area contributed by atoms with Crippen LogP contribution in [0.2, 0.25) is 0 Å². The molecule has 1 atom stereocenters. The lowest BCUT2D eigenvalue weighted by molar-refractivity contribution is 0.976. The van der Waals surface area contributed by atoms with Crippen molar-refractivity contribution in [2.75, 3.05) is 6.54 Å². The van der Waals surface area contributed by atoms with Crippen LogP contribution in [0.5, 0.6) is 0 Å². The maximum Gasteiger partial charge on any atom is 0.0996 e. The molecule has 1 aromatic rings. The summed E-state index contributed by atoms with van der Waals surface area (Å²) in [7, 11) is 0. The highest BCUT2D eigenvalue weighted by molar-refractivity contribution is 8.15. The lowest BCUT2D eigenvalue weighted by Gasteiger charge is -2.01. The van der Waals surface area contributed by atoms with Crippen molar-refractivity contribution in [1.29, 1.82) is 0 Å². The second-order valence-corrected chi connectivity index (χ2v) is 4.75. The van der Waals surface area contributed by atoms with Crippen LogP contribution in [0.15, 0.2) is 23.5 Å². The minimum atomic E-state index is 0.621. The lowest BCUT2D eigenvalue weighted by Crippen LogP contribution is -1.96. The van der Waals surface area contributed by atoms with Gasteiger partial charge in [-0.15, -0.1) is 11.8 Å². The predicted octanol–water partition coefficient (Wildman–Crippen LogP) is 2.27. The van der Waals surface area contributed by atoms with E-state index in [0.29, 0.717) is 5.25 Å². The van der Waals surface area contributed by atoms with Crippen molar-refractivity contribution in [1.82, 2.24) is 4.98 Å². The van der Waals surface area contributed by atoms with E-state index in [1.807, 2.05) is 24.2 Å². The summed E-state index contributed by atoms with van der Waals surface area (Å²) in [4.78, 5) is 8.63. The summed E-state index contributed by atoms with van der Waals surface area (Å²) >= 11 is 1.84. The Kier molecular flexibility index (Phi) is 2.36. The lowest BCUT2D eigenvalue weighted by atomic mass is 10.2. The van der Waals surface area contributed by atoms with Crippen LogP contribution >= 0.6 is 11.8 Å². The Balaban J connectivity index is 2.26. The highest BCUT2D eigenvalue weighted by Crippen LogP contribution is 2.24. The van der Waals surface area contributed by atoms with Crippen LogP contribution in [0.3, 0.4) is 0 Å². The molecule has 0 bridgehead atoms. The fourth-order valence-corrected chi connectivity index (χ4v) is 2.23. The molecule has 1 aliphatic rings. The van der Waals surface area contributed by atoms with Crippen molar-refractivity contribution < 1.29 is 0 Å². The van der Waals surface area contributed by atoms with Crippen LogP contribution in [0, 0.1) is 6.92 Å². The van der Waals surface area contributed by atoms with Gasteiger partial charge in [-0.25, -0.2) is 0 Å². The minimum Gasteiger partial charge on any atom is -0.277 e. The number of aromatic nitrogens is 1. The number of thioether (sulfide) groups is 1. The van der Waals surface area contributed by atoms with Gasteiger partial charge in [-0.1, -0.05) is 6.92 Å². The van der Waals surface area contributed by atoms with Crippen LogP contribution < -0.4 is 0 Å². The largest absolute Gasteiger partial charge is 0.277 e. The van der Waals surface area contributed by atoms with Crippen LogP contribution in [0.25, 0.3) is 0 Å². The van der Waals surface area contributed by atoms with Gasteiger partial charge in [-0.05, 0) is 18.6 Å². The second kappa shape index (κ2) is 3.50. The van der Waals surface area contributed by atoms with E-state index in [0.717, 1.165) is 17.2 Å².